The molecule has 0 saturated carbocycles. The van der Waals surface area contributed by atoms with Crippen molar-refractivity contribution in [2.75, 3.05) is 0 Å². The average Bonchev–Trinajstić information content (AvgIpc) is 2.75. The number of aryl methyl sites for hydroxylation is 1. The molecule has 4 nitrogen and oxygen atoms in total. The number of nitrogens with zero attached hydrogens (tertiary/aromatic N) is 1. The smallest absolute Gasteiger partial charge is 0.340 e. The largest absolute Gasteiger partial charge is 0.452 e. The van der Waals surface area contributed by atoms with Crippen LogP contribution >= 0.6 is 11.6 Å². The van der Waals surface area contributed by atoms with Crippen LogP contribution in [0.25, 0.3) is 0 Å². The molecule has 2 rings (SSSR count). The lowest BCUT2D eigenvalue weighted by Gasteiger charge is -2.11. The predicted molar refractivity (Wildman–Crippen MR) is 66.5 cm³/mol. The van der Waals surface area contributed by atoms with E-state index in [2.05, 4.69) is 5.16 Å². The molecule has 19 heavy (non-hydrogen) atoms. The molecule has 0 radical (unpaired) electrons. The number of carbonyl (C=O) groups excluding carboxylic acids is 1. The van der Waals surface area contributed by atoms with E-state index in [1.165, 1.54) is 6.07 Å². The fourth-order valence-corrected chi connectivity index (χ4v) is 1.76. The van der Waals surface area contributed by atoms with Crippen molar-refractivity contribution in [1.82, 2.24) is 5.16 Å². The first-order valence-corrected chi connectivity index (χ1v) is 5.94. The van der Waals surface area contributed by atoms with Gasteiger partial charge in [0.15, 0.2) is 0 Å². The van der Waals surface area contributed by atoms with Crippen molar-refractivity contribution in [3.05, 3.63) is 52.1 Å². The summed E-state index contributed by atoms with van der Waals surface area (Å²) in [5, 5.41) is 3.76. The first-order valence-electron chi connectivity index (χ1n) is 5.56. The van der Waals surface area contributed by atoms with Crippen LogP contribution in [0.5, 0.6) is 0 Å². The van der Waals surface area contributed by atoms with Crippen molar-refractivity contribution in [3.63, 3.8) is 0 Å². The highest BCUT2D eigenvalue weighted by Gasteiger charge is 2.19. The van der Waals surface area contributed by atoms with E-state index in [-0.39, 0.29) is 10.6 Å². The van der Waals surface area contributed by atoms with Gasteiger partial charge in [0.05, 0.1) is 10.6 Å². The molecule has 0 aliphatic carbocycles. The Morgan fingerprint density at radius 1 is 1.47 bits per heavy atom. The first-order chi connectivity index (χ1) is 8.97. The average molecular weight is 284 g/mol. The van der Waals surface area contributed by atoms with Gasteiger partial charge in [-0.3, -0.25) is 0 Å². The van der Waals surface area contributed by atoms with Gasteiger partial charge in [0.25, 0.3) is 0 Å². The molecule has 0 spiro atoms. The van der Waals surface area contributed by atoms with Gasteiger partial charge in [-0.1, -0.05) is 16.8 Å². The number of hydrogen-bond donors (Lipinski definition) is 0. The van der Waals surface area contributed by atoms with Crippen LogP contribution in [0.3, 0.4) is 0 Å². The van der Waals surface area contributed by atoms with Crippen LogP contribution in [0.1, 0.15) is 34.8 Å². The normalized spacial score (nSPS) is 12.2. The maximum Gasteiger partial charge on any atom is 0.340 e. The quantitative estimate of drug-likeness (QED) is 0.806. The Hall–Kier alpha value is -1.88. The molecule has 0 saturated heterocycles. The van der Waals surface area contributed by atoms with Crippen LogP contribution in [0, 0.1) is 12.7 Å². The topological polar surface area (TPSA) is 52.3 Å². The Bertz CT molecular complexity index is 612. The fourth-order valence-electron chi connectivity index (χ4n) is 1.52. The summed E-state index contributed by atoms with van der Waals surface area (Å²) in [6.45, 7) is 3.40. The van der Waals surface area contributed by atoms with Gasteiger partial charge in [-0.05, 0) is 32.0 Å². The van der Waals surface area contributed by atoms with Crippen LogP contribution in [0.15, 0.2) is 28.8 Å². The van der Waals surface area contributed by atoms with Crippen molar-refractivity contribution in [1.29, 1.82) is 0 Å². The van der Waals surface area contributed by atoms with Crippen molar-refractivity contribution in [2.45, 2.75) is 20.0 Å². The molecule has 0 N–H and O–H groups in total. The molecule has 1 aromatic carbocycles. The molecular weight excluding hydrogens is 273 g/mol. The number of hydrogen-bond acceptors (Lipinski definition) is 4. The number of benzene rings is 1. The van der Waals surface area contributed by atoms with Gasteiger partial charge < -0.3 is 9.26 Å². The zero-order chi connectivity index (χ0) is 14.0. The minimum atomic E-state index is -0.641. The first kappa shape index (κ1) is 13.5. The predicted octanol–water partition coefficient (Wildman–Crippen LogP) is 3.69. The van der Waals surface area contributed by atoms with Crippen LogP contribution in [-0.2, 0) is 4.74 Å². The van der Waals surface area contributed by atoms with E-state index in [9.17, 15) is 9.18 Å². The van der Waals surface area contributed by atoms with Gasteiger partial charge >= 0.3 is 5.97 Å². The van der Waals surface area contributed by atoms with Gasteiger partial charge in [0.1, 0.15) is 23.4 Å². The zero-order valence-corrected chi connectivity index (χ0v) is 11.1. The van der Waals surface area contributed by atoms with E-state index in [4.69, 9.17) is 20.9 Å². The monoisotopic (exact) mass is 283 g/mol. The second-order valence-electron chi connectivity index (χ2n) is 4.03. The maximum absolute atomic E-state index is 12.9. The Balaban J connectivity index is 2.12. The molecule has 0 unspecified atom stereocenters. The molecule has 0 aliphatic rings. The summed E-state index contributed by atoms with van der Waals surface area (Å²) >= 11 is 5.78. The van der Waals surface area contributed by atoms with E-state index >= 15 is 0 Å². The van der Waals surface area contributed by atoms with Crippen LogP contribution in [-0.4, -0.2) is 11.1 Å². The van der Waals surface area contributed by atoms with Crippen molar-refractivity contribution >= 4 is 17.6 Å². The highest BCUT2D eigenvalue weighted by molar-refractivity contribution is 6.33. The standard InChI is InChI=1S/C13H11ClFNO3/c1-7-5-12(16-19-7)8(2)18-13(17)10-4-3-9(15)6-11(10)14/h3-6,8H,1-2H3/t8-/m1/s1. The summed E-state index contributed by atoms with van der Waals surface area (Å²) in [7, 11) is 0. The SMILES string of the molecule is Cc1cc([C@@H](C)OC(=O)c2ccc(F)cc2Cl)no1. The molecule has 6 heteroatoms. The van der Waals surface area contributed by atoms with Gasteiger partial charge in [-0.25, -0.2) is 9.18 Å². The summed E-state index contributed by atoms with van der Waals surface area (Å²) in [4.78, 5) is 11.9. The molecule has 0 amide bonds. The van der Waals surface area contributed by atoms with E-state index in [0.717, 1.165) is 12.1 Å². The highest BCUT2D eigenvalue weighted by Crippen LogP contribution is 2.22. The summed E-state index contributed by atoms with van der Waals surface area (Å²) in [5.41, 5.74) is 0.610. The number of halogens is 2. The Morgan fingerprint density at radius 2 is 2.21 bits per heavy atom. The number of rotatable bonds is 3. The van der Waals surface area contributed by atoms with E-state index in [0.29, 0.717) is 11.5 Å². The third kappa shape index (κ3) is 3.12. The van der Waals surface area contributed by atoms with Gasteiger partial charge in [0, 0.05) is 6.07 Å². The van der Waals surface area contributed by atoms with E-state index < -0.39 is 17.9 Å². The number of ether oxygens (including phenoxy) is 1. The molecule has 1 aromatic heterocycles. The second kappa shape index (κ2) is 5.40. The van der Waals surface area contributed by atoms with Crippen molar-refractivity contribution in [2.24, 2.45) is 0 Å². The van der Waals surface area contributed by atoms with Crippen LogP contribution < -0.4 is 0 Å². The number of esters is 1. The molecule has 0 fully saturated rings. The van der Waals surface area contributed by atoms with Crippen molar-refractivity contribution < 1.29 is 18.4 Å². The fraction of sp³-hybridized carbons (Fsp3) is 0.231. The minimum absolute atomic E-state index is 0.00790. The highest BCUT2D eigenvalue weighted by atomic mass is 35.5. The summed E-state index contributed by atoms with van der Waals surface area (Å²) in [6, 6.07) is 5.15. The summed E-state index contributed by atoms with van der Waals surface area (Å²) in [6.07, 6.45) is -0.578. The van der Waals surface area contributed by atoms with Crippen LogP contribution in [0.2, 0.25) is 5.02 Å². The Kier molecular flexibility index (Phi) is 3.85. The van der Waals surface area contributed by atoms with Gasteiger partial charge in [-0.2, -0.15) is 0 Å². The summed E-state index contributed by atoms with van der Waals surface area (Å²) in [5.74, 6) is -0.530. The van der Waals surface area contributed by atoms with Crippen LogP contribution in [0.4, 0.5) is 4.39 Å². The van der Waals surface area contributed by atoms with E-state index in [1.807, 2.05) is 0 Å². The lowest BCUT2D eigenvalue weighted by molar-refractivity contribution is 0.0323. The van der Waals surface area contributed by atoms with Crippen molar-refractivity contribution in [3.8, 4) is 0 Å². The molecule has 1 atom stereocenters. The number of aromatic nitrogens is 1. The lowest BCUT2D eigenvalue weighted by Crippen LogP contribution is -2.10. The molecule has 1 heterocycles. The molecular formula is C13H11ClFNO3. The van der Waals surface area contributed by atoms with E-state index in [1.54, 1.807) is 19.9 Å². The molecule has 0 aliphatic heterocycles. The minimum Gasteiger partial charge on any atom is -0.452 e. The maximum atomic E-state index is 12.9. The lowest BCUT2D eigenvalue weighted by atomic mass is 10.2. The molecule has 0 bridgehead atoms. The second-order valence-corrected chi connectivity index (χ2v) is 4.44. The third-order valence-corrected chi connectivity index (χ3v) is 2.81. The third-order valence-electron chi connectivity index (χ3n) is 2.50. The Morgan fingerprint density at radius 3 is 2.79 bits per heavy atom. The Labute approximate surface area is 114 Å². The molecule has 100 valence electrons. The van der Waals surface area contributed by atoms with Gasteiger partial charge in [0.2, 0.25) is 0 Å². The summed E-state index contributed by atoms with van der Waals surface area (Å²) < 4.78 is 23.0. The molecule has 2 aromatic rings. The zero-order valence-electron chi connectivity index (χ0n) is 10.3. The van der Waals surface area contributed by atoms with Gasteiger partial charge in [-0.15, -0.1) is 0 Å². The number of carbonyl (C=O) groups is 1.